The van der Waals surface area contributed by atoms with E-state index in [4.69, 9.17) is 5.11 Å². The number of benzene rings is 1. The fourth-order valence-electron chi connectivity index (χ4n) is 1.61. The molecule has 2 rings (SSSR count). The standard InChI is InChI=1S/C15H15FN2OS2/c1-2-14-17-15(21-18-14)20-10-12-7-11(5-3-4-6-19)8-13(16)9-12/h7-9,19H,2,4,6,10H2,1H3. The third kappa shape index (κ3) is 5.12. The van der Waals surface area contributed by atoms with Gasteiger partial charge in [-0.05, 0) is 35.3 Å². The largest absolute Gasteiger partial charge is 0.395 e. The predicted molar refractivity (Wildman–Crippen MR) is 83.8 cm³/mol. The van der Waals surface area contributed by atoms with Crippen molar-refractivity contribution in [2.75, 3.05) is 6.61 Å². The van der Waals surface area contributed by atoms with Gasteiger partial charge in [0.1, 0.15) is 11.6 Å². The molecule has 0 radical (unpaired) electrons. The summed E-state index contributed by atoms with van der Waals surface area (Å²) in [4.78, 5) is 4.37. The highest BCUT2D eigenvalue weighted by Crippen LogP contribution is 2.25. The van der Waals surface area contributed by atoms with Crippen LogP contribution in [0.5, 0.6) is 0 Å². The molecule has 0 aliphatic rings. The highest BCUT2D eigenvalue weighted by Gasteiger charge is 2.05. The quantitative estimate of drug-likeness (QED) is 0.678. The first kappa shape index (κ1) is 16.0. The van der Waals surface area contributed by atoms with Gasteiger partial charge in [-0.2, -0.15) is 4.37 Å². The molecule has 0 amide bonds. The van der Waals surface area contributed by atoms with Crippen LogP contribution in [0.15, 0.2) is 22.5 Å². The van der Waals surface area contributed by atoms with E-state index in [9.17, 15) is 4.39 Å². The summed E-state index contributed by atoms with van der Waals surface area (Å²) >= 11 is 2.92. The van der Waals surface area contributed by atoms with E-state index in [2.05, 4.69) is 21.2 Å². The average Bonchev–Trinajstić information content (AvgIpc) is 2.93. The maximum atomic E-state index is 13.6. The van der Waals surface area contributed by atoms with E-state index in [0.29, 0.717) is 17.7 Å². The first-order valence-corrected chi connectivity index (χ1v) is 8.31. The Balaban J connectivity index is 2.04. The molecule has 1 aromatic heterocycles. The van der Waals surface area contributed by atoms with Gasteiger partial charge in [0.15, 0.2) is 4.34 Å². The molecule has 0 atom stereocenters. The summed E-state index contributed by atoms with van der Waals surface area (Å²) in [5.74, 6) is 6.83. The predicted octanol–water partition coefficient (Wildman–Crippen LogP) is 3.27. The molecule has 1 aromatic carbocycles. The van der Waals surface area contributed by atoms with Crippen LogP contribution in [0.25, 0.3) is 0 Å². The van der Waals surface area contributed by atoms with Crippen molar-refractivity contribution in [1.29, 1.82) is 0 Å². The number of aromatic nitrogens is 2. The Bertz CT molecular complexity index is 661. The van der Waals surface area contributed by atoms with E-state index in [1.807, 2.05) is 13.0 Å². The van der Waals surface area contributed by atoms with Crippen molar-refractivity contribution >= 4 is 23.3 Å². The van der Waals surface area contributed by atoms with Gasteiger partial charge in [0, 0.05) is 24.2 Å². The van der Waals surface area contributed by atoms with E-state index in [-0.39, 0.29) is 12.4 Å². The van der Waals surface area contributed by atoms with Crippen molar-refractivity contribution in [1.82, 2.24) is 9.36 Å². The average molecular weight is 322 g/mol. The lowest BCUT2D eigenvalue weighted by Gasteiger charge is -2.01. The van der Waals surface area contributed by atoms with Crippen molar-refractivity contribution in [2.24, 2.45) is 0 Å². The van der Waals surface area contributed by atoms with E-state index < -0.39 is 0 Å². The first-order valence-electron chi connectivity index (χ1n) is 6.56. The summed E-state index contributed by atoms with van der Waals surface area (Å²) in [6, 6.07) is 4.77. The van der Waals surface area contributed by atoms with Crippen molar-refractivity contribution in [2.45, 2.75) is 29.9 Å². The van der Waals surface area contributed by atoms with Crippen LogP contribution >= 0.6 is 23.3 Å². The summed E-state index contributed by atoms with van der Waals surface area (Å²) < 4.78 is 18.7. The smallest absolute Gasteiger partial charge is 0.170 e. The van der Waals surface area contributed by atoms with Gasteiger partial charge in [-0.25, -0.2) is 9.37 Å². The highest BCUT2D eigenvalue weighted by molar-refractivity contribution is 8.00. The molecule has 0 saturated carbocycles. The van der Waals surface area contributed by atoms with Crippen LogP contribution in [-0.2, 0) is 12.2 Å². The second-order valence-electron chi connectivity index (χ2n) is 4.24. The van der Waals surface area contributed by atoms with Crippen LogP contribution in [0.4, 0.5) is 4.39 Å². The third-order valence-electron chi connectivity index (χ3n) is 2.56. The van der Waals surface area contributed by atoms with E-state index in [0.717, 1.165) is 22.1 Å². The Morgan fingerprint density at radius 2 is 2.24 bits per heavy atom. The summed E-state index contributed by atoms with van der Waals surface area (Å²) in [6.07, 6.45) is 1.22. The molecule has 0 unspecified atom stereocenters. The lowest BCUT2D eigenvalue weighted by Crippen LogP contribution is -1.87. The number of nitrogens with zero attached hydrogens (tertiary/aromatic N) is 2. The lowest BCUT2D eigenvalue weighted by molar-refractivity contribution is 0.305. The van der Waals surface area contributed by atoms with Gasteiger partial charge >= 0.3 is 0 Å². The van der Waals surface area contributed by atoms with Gasteiger partial charge in [0.05, 0.1) is 6.61 Å². The fourth-order valence-corrected chi connectivity index (χ4v) is 3.24. The lowest BCUT2D eigenvalue weighted by atomic mass is 10.1. The first-order chi connectivity index (χ1) is 10.2. The van der Waals surface area contributed by atoms with Crippen molar-refractivity contribution in [3.05, 3.63) is 41.0 Å². The molecule has 3 nitrogen and oxygen atoms in total. The summed E-state index contributed by atoms with van der Waals surface area (Å²) in [6.45, 7) is 2.03. The maximum absolute atomic E-state index is 13.6. The van der Waals surface area contributed by atoms with Crippen molar-refractivity contribution in [3.63, 3.8) is 0 Å². The molecule has 0 aliphatic carbocycles. The van der Waals surface area contributed by atoms with Gasteiger partial charge < -0.3 is 5.11 Å². The number of halogens is 1. The number of thioether (sulfide) groups is 1. The zero-order valence-electron chi connectivity index (χ0n) is 11.6. The molecule has 0 aliphatic heterocycles. The molecule has 0 spiro atoms. The van der Waals surface area contributed by atoms with Crippen LogP contribution in [0, 0.1) is 17.7 Å². The van der Waals surface area contributed by atoms with E-state index >= 15 is 0 Å². The number of aryl methyl sites for hydroxylation is 1. The topological polar surface area (TPSA) is 46.0 Å². The van der Waals surface area contributed by atoms with Crippen LogP contribution in [0.1, 0.15) is 30.3 Å². The molecular weight excluding hydrogens is 307 g/mol. The van der Waals surface area contributed by atoms with Gasteiger partial charge in [0.25, 0.3) is 0 Å². The van der Waals surface area contributed by atoms with Crippen molar-refractivity contribution < 1.29 is 9.50 Å². The molecule has 1 N–H and O–H groups in total. The Labute approximate surface area is 131 Å². The van der Waals surface area contributed by atoms with Gasteiger partial charge in [-0.3, -0.25) is 0 Å². The number of rotatable bonds is 5. The molecule has 2 aromatic rings. The molecule has 1 heterocycles. The van der Waals surface area contributed by atoms with Crippen LogP contribution in [0.2, 0.25) is 0 Å². The Kier molecular flexibility index (Phi) is 6.18. The summed E-state index contributed by atoms with van der Waals surface area (Å²) in [5.41, 5.74) is 1.49. The Morgan fingerprint density at radius 1 is 1.38 bits per heavy atom. The molecule has 21 heavy (non-hydrogen) atoms. The normalized spacial score (nSPS) is 10.2. The minimum atomic E-state index is -0.298. The number of aliphatic hydroxyl groups excluding tert-OH is 1. The Hall–Kier alpha value is -1.42. The number of hydrogen-bond acceptors (Lipinski definition) is 5. The SMILES string of the molecule is CCc1nsc(SCc2cc(F)cc(C#CCCO)c2)n1. The van der Waals surface area contributed by atoms with Crippen LogP contribution in [0.3, 0.4) is 0 Å². The van der Waals surface area contributed by atoms with Gasteiger partial charge in [0.2, 0.25) is 0 Å². The molecular formula is C15H15FN2OS2. The second-order valence-corrected chi connectivity index (χ2v) is 6.22. The van der Waals surface area contributed by atoms with Gasteiger partial charge in [-0.15, -0.1) is 0 Å². The van der Waals surface area contributed by atoms with Gasteiger partial charge in [-0.1, -0.05) is 30.5 Å². The minimum Gasteiger partial charge on any atom is -0.395 e. The summed E-state index contributed by atoms with van der Waals surface area (Å²) in [5, 5.41) is 8.69. The molecule has 0 saturated heterocycles. The third-order valence-corrected chi connectivity index (χ3v) is 4.50. The van der Waals surface area contributed by atoms with E-state index in [1.165, 1.54) is 23.7 Å². The zero-order valence-corrected chi connectivity index (χ0v) is 13.2. The van der Waals surface area contributed by atoms with Crippen LogP contribution < -0.4 is 0 Å². The molecule has 0 fully saturated rings. The second kappa shape index (κ2) is 8.13. The number of hydrogen-bond donors (Lipinski definition) is 1. The van der Waals surface area contributed by atoms with Crippen LogP contribution in [-0.4, -0.2) is 21.1 Å². The number of aliphatic hydroxyl groups is 1. The minimum absolute atomic E-state index is 0.0157. The monoisotopic (exact) mass is 322 g/mol. The van der Waals surface area contributed by atoms with Crippen molar-refractivity contribution in [3.8, 4) is 11.8 Å². The highest BCUT2D eigenvalue weighted by atomic mass is 32.2. The zero-order chi connectivity index (χ0) is 15.1. The molecule has 110 valence electrons. The molecule has 6 heteroatoms. The van der Waals surface area contributed by atoms with E-state index in [1.54, 1.807) is 11.8 Å². The maximum Gasteiger partial charge on any atom is 0.170 e. The fraction of sp³-hybridized carbons (Fsp3) is 0.333. The molecule has 0 bridgehead atoms. The summed E-state index contributed by atoms with van der Waals surface area (Å²) in [7, 11) is 0. The Morgan fingerprint density at radius 3 is 2.95 bits per heavy atom.